The van der Waals surface area contributed by atoms with Crippen molar-refractivity contribution in [3.8, 4) is 0 Å². The van der Waals surface area contributed by atoms with Gasteiger partial charge in [0, 0.05) is 7.05 Å². The summed E-state index contributed by atoms with van der Waals surface area (Å²) in [5.74, 6) is -1.73. The van der Waals surface area contributed by atoms with Gasteiger partial charge in [-0.2, -0.15) is 0 Å². The van der Waals surface area contributed by atoms with Crippen molar-refractivity contribution in [1.82, 2.24) is 9.88 Å². The molecule has 1 amide bonds. The number of likely N-dealkylation sites (N-methyl/N-ethyl adjacent to an activating group) is 1. The lowest BCUT2D eigenvalue weighted by Gasteiger charge is -2.31. The van der Waals surface area contributed by atoms with Crippen LogP contribution in [0.15, 0.2) is 12.1 Å². The summed E-state index contributed by atoms with van der Waals surface area (Å²) in [5, 5.41) is 9.30. The maximum absolute atomic E-state index is 12.1. The van der Waals surface area contributed by atoms with Crippen molar-refractivity contribution in [3.05, 3.63) is 28.0 Å². The second kappa shape index (κ2) is 5.12. The normalized spacial score (nSPS) is 11.2. The molecule has 0 aliphatic heterocycles. The first-order valence-corrected chi connectivity index (χ1v) is 5.77. The van der Waals surface area contributed by atoms with Crippen LogP contribution in [-0.2, 0) is 4.79 Å². The van der Waals surface area contributed by atoms with E-state index in [1.807, 2.05) is 0 Å². The van der Waals surface area contributed by atoms with E-state index in [0.29, 0.717) is 0 Å². The number of halogens is 2. The SMILES string of the molecule is CN(C(=O)c1nc(Cl)ccc1Cl)C(C)(C)C(=O)O. The lowest BCUT2D eigenvalue weighted by molar-refractivity contribution is -0.147. The molecule has 0 aliphatic rings. The Morgan fingerprint density at radius 1 is 1.33 bits per heavy atom. The number of aliphatic carboxylic acids is 1. The number of pyridine rings is 1. The lowest BCUT2D eigenvalue weighted by Crippen LogP contribution is -2.51. The molecule has 5 nitrogen and oxygen atoms in total. The zero-order valence-electron chi connectivity index (χ0n) is 10.1. The predicted octanol–water partition coefficient (Wildman–Crippen LogP) is 2.32. The highest BCUT2D eigenvalue weighted by molar-refractivity contribution is 6.34. The van der Waals surface area contributed by atoms with E-state index in [-0.39, 0.29) is 15.9 Å². The van der Waals surface area contributed by atoms with Crippen LogP contribution in [-0.4, -0.2) is 39.5 Å². The third-order valence-corrected chi connectivity index (χ3v) is 3.20. The zero-order valence-corrected chi connectivity index (χ0v) is 11.6. The molecule has 0 aromatic carbocycles. The molecule has 1 heterocycles. The zero-order chi connectivity index (χ0) is 14.1. The maximum Gasteiger partial charge on any atom is 0.329 e. The Balaban J connectivity index is 3.15. The lowest BCUT2D eigenvalue weighted by atomic mass is 10.0. The molecule has 0 bridgehead atoms. The Morgan fingerprint density at radius 2 is 1.89 bits per heavy atom. The van der Waals surface area contributed by atoms with Gasteiger partial charge >= 0.3 is 5.97 Å². The van der Waals surface area contributed by atoms with Crippen LogP contribution < -0.4 is 0 Å². The molecule has 1 aromatic heterocycles. The third-order valence-electron chi connectivity index (χ3n) is 2.68. The highest BCUT2D eigenvalue weighted by Crippen LogP contribution is 2.21. The predicted molar refractivity (Wildman–Crippen MR) is 68.1 cm³/mol. The van der Waals surface area contributed by atoms with Crippen molar-refractivity contribution in [2.45, 2.75) is 19.4 Å². The molecular weight excluding hydrogens is 279 g/mol. The number of carbonyl (C=O) groups excluding carboxylic acids is 1. The number of hydrogen-bond acceptors (Lipinski definition) is 3. The summed E-state index contributed by atoms with van der Waals surface area (Å²) in [6, 6.07) is 2.88. The van der Waals surface area contributed by atoms with Crippen LogP contribution in [0.1, 0.15) is 24.3 Å². The maximum atomic E-state index is 12.1. The van der Waals surface area contributed by atoms with Gasteiger partial charge in [-0.1, -0.05) is 23.2 Å². The standard InChI is InChI=1S/C11H12Cl2N2O3/c1-11(2,10(17)18)15(3)9(16)8-6(12)4-5-7(13)14-8/h4-5H,1-3H3,(H,17,18). The van der Waals surface area contributed by atoms with Crippen LogP contribution in [0, 0.1) is 0 Å². The second-order valence-corrected chi connectivity index (χ2v) is 4.99. The number of amides is 1. The van der Waals surface area contributed by atoms with Gasteiger partial charge in [-0.15, -0.1) is 0 Å². The van der Waals surface area contributed by atoms with Gasteiger partial charge < -0.3 is 10.0 Å². The molecule has 0 saturated carbocycles. The summed E-state index contributed by atoms with van der Waals surface area (Å²) >= 11 is 11.5. The van der Waals surface area contributed by atoms with Crippen LogP contribution in [0.4, 0.5) is 0 Å². The van der Waals surface area contributed by atoms with Crippen molar-refractivity contribution in [2.75, 3.05) is 7.05 Å². The molecule has 0 unspecified atom stereocenters. The summed E-state index contributed by atoms with van der Waals surface area (Å²) < 4.78 is 0. The Morgan fingerprint density at radius 3 is 2.39 bits per heavy atom. The smallest absolute Gasteiger partial charge is 0.329 e. The summed E-state index contributed by atoms with van der Waals surface area (Å²) in [6.07, 6.45) is 0. The van der Waals surface area contributed by atoms with Gasteiger partial charge in [-0.05, 0) is 26.0 Å². The van der Waals surface area contributed by atoms with Crippen LogP contribution in [0.2, 0.25) is 10.2 Å². The first-order valence-electron chi connectivity index (χ1n) is 5.01. The molecule has 0 saturated heterocycles. The molecule has 18 heavy (non-hydrogen) atoms. The minimum atomic E-state index is -1.37. The van der Waals surface area contributed by atoms with Gasteiger partial charge in [-0.3, -0.25) is 4.79 Å². The van der Waals surface area contributed by atoms with Crippen molar-refractivity contribution in [2.24, 2.45) is 0 Å². The number of aromatic nitrogens is 1. The van der Waals surface area contributed by atoms with Gasteiger partial charge in [0.1, 0.15) is 16.4 Å². The van der Waals surface area contributed by atoms with E-state index in [0.717, 1.165) is 4.90 Å². The van der Waals surface area contributed by atoms with E-state index in [9.17, 15) is 9.59 Å². The third kappa shape index (κ3) is 2.73. The van der Waals surface area contributed by atoms with E-state index in [4.69, 9.17) is 28.3 Å². The molecule has 0 aliphatic carbocycles. The largest absolute Gasteiger partial charge is 0.480 e. The van der Waals surface area contributed by atoms with E-state index in [1.54, 1.807) is 0 Å². The molecule has 0 spiro atoms. The molecular formula is C11H12Cl2N2O3. The molecule has 98 valence electrons. The van der Waals surface area contributed by atoms with E-state index < -0.39 is 17.4 Å². The monoisotopic (exact) mass is 290 g/mol. The fraction of sp³-hybridized carbons (Fsp3) is 0.364. The average Bonchev–Trinajstić information content (AvgIpc) is 2.30. The highest BCUT2D eigenvalue weighted by atomic mass is 35.5. The molecule has 0 atom stereocenters. The van der Waals surface area contributed by atoms with E-state index >= 15 is 0 Å². The van der Waals surface area contributed by atoms with Gasteiger partial charge in [0.15, 0.2) is 0 Å². The minimum absolute atomic E-state index is 0.0685. The number of hydrogen-bond donors (Lipinski definition) is 1. The number of carboxylic acid groups (broad SMARTS) is 1. The fourth-order valence-electron chi connectivity index (χ4n) is 1.12. The van der Waals surface area contributed by atoms with Gasteiger partial charge in [0.05, 0.1) is 5.02 Å². The Hall–Kier alpha value is -1.33. The first kappa shape index (κ1) is 14.7. The number of rotatable bonds is 3. The minimum Gasteiger partial charge on any atom is -0.480 e. The molecule has 1 N–H and O–H groups in total. The van der Waals surface area contributed by atoms with Crippen LogP contribution in [0.5, 0.6) is 0 Å². The van der Waals surface area contributed by atoms with E-state index in [1.165, 1.54) is 33.0 Å². The van der Waals surface area contributed by atoms with Gasteiger partial charge in [-0.25, -0.2) is 9.78 Å². The van der Waals surface area contributed by atoms with Crippen molar-refractivity contribution >= 4 is 35.1 Å². The summed E-state index contributed by atoms with van der Waals surface area (Å²) in [6.45, 7) is 2.82. The number of carbonyl (C=O) groups is 2. The second-order valence-electron chi connectivity index (χ2n) is 4.19. The Bertz CT molecular complexity index is 503. The van der Waals surface area contributed by atoms with Crippen LogP contribution in [0.3, 0.4) is 0 Å². The van der Waals surface area contributed by atoms with Crippen LogP contribution >= 0.6 is 23.2 Å². The molecule has 7 heteroatoms. The Labute approximate surface area is 114 Å². The van der Waals surface area contributed by atoms with Crippen molar-refractivity contribution in [1.29, 1.82) is 0 Å². The highest BCUT2D eigenvalue weighted by Gasteiger charge is 2.36. The number of nitrogens with zero attached hydrogens (tertiary/aromatic N) is 2. The number of carboxylic acids is 1. The fourth-order valence-corrected chi connectivity index (χ4v) is 1.46. The average molecular weight is 291 g/mol. The van der Waals surface area contributed by atoms with Crippen LogP contribution in [0.25, 0.3) is 0 Å². The van der Waals surface area contributed by atoms with Gasteiger partial charge in [0.25, 0.3) is 5.91 Å². The Kier molecular flexibility index (Phi) is 4.19. The molecule has 1 aromatic rings. The van der Waals surface area contributed by atoms with E-state index in [2.05, 4.69) is 4.98 Å². The van der Waals surface area contributed by atoms with Crippen molar-refractivity contribution in [3.63, 3.8) is 0 Å². The first-order chi connectivity index (χ1) is 8.17. The molecule has 0 radical (unpaired) electrons. The van der Waals surface area contributed by atoms with Crippen molar-refractivity contribution < 1.29 is 14.7 Å². The summed E-state index contributed by atoms with van der Waals surface area (Å²) in [4.78, 5) is 28.1. The quantitative estimate of drug-likeness (QED) is 0.868. The topological polar surface area (TPSA) is 70.5 Å². The van der Waals surface area contributed by atoms with Gasteiger partial charge in [0.2, 0.25) is 0 Å². The summed E-state index contributed by atoms with van der Waals surface area (Å²) in [5.41, 5.74) is -1.44. The molecule has 0 fully saturated rings. The molecule has 1 rings (SSSR count). The summed E-state index contributed by atoms with van der Waals surface area (Å²) in [7, 11) is 1.37.